The van der Waals surface area contributed by atoms with Crippen LogP contribution in [0.4, 0.5) is 0 Å². The van der Waals surface area contributed by atoms with Crippen LogP contribution in [0.1, 0.15) is 13.3 Å². The minimum atomic E-state index is 0.372. The van der Waals surface area contributed by atoms with E-state index in [-0.39, 0.29) is 0 Å². The Kier molecular flexibility index (Phi) is 5.41. The van der Waals surface area contributed by atoms with Crippen LogP contribution in [0, 0.1) is 12.3 Å². The Morgan fingerprint density at radius 1 is 1.75 bits per heavy atom. The molecule has 0 aromatic carbocycles. The molecule has 1 heteroatoms. The van der Waals surface area contributed by atoms with E-state index in [1.807, 2.05) is 13.0 Å². The Balaban J connectivity index is 2.94. The van der Waals surface area contributed by atoms with Crippen molar-refractivity contribution in [3.8, 4) is 12.3 Å². The maximum atomic E-state index is 4.90. The monoisotopic (exact) mass is 110 g/mol. The molecule has 0 saturated heterocycles. The number of hydrogen-bond donors (Lipinski definition) is 0. The first-order valence-electron chi connectivity index (χ1n) is 2.62. The minimum Gasteiger partial charge on any atom is -0.489 e. The third-order valence-electron chi connectivity index (χ3n) is 0.595. The van der Waals surface area contributed by atoms with Gasteiger partial charge in [0.25, 0.3) is 0 Å². The smallest absolute Gasteiger partial charge is 0.147 e. The van der Waals surface area contributed by atoms with Crippen LogP contribution in [0.2, 0.25) is 0 Å². The molecule has 0 N–H and O–H groups in total. The van der Waals surface area contributed by atoms with E-state index in [2.05, 4.69) is 5.92 Å². The van der Waals surface area contributed by atoms with E-state index < -0.39 is 0 Å². The molecule has 0 aliphatic heterocycles. The Morgan fingerprint density at radius 3 is 3.00 bits per heavy atom. The summed E-state index contributed by atoms with van der Waals surface area (Å²) in [5.74, 6) is 2.35. The molecule has 0 aliphatic rings. The van der Waals surface area contributed by atoms with Crippen molar-refractivity contribution in [3.63, 3.8) is 0 Å². The molecule has 0 atom stereocenters. The van der Waals surface area contributed by atoms with Gasteiger partial charge in [-0.25, -0.2) is 0 Å². The highest BCUT2D eigenvalue weighted by molar-refractivity contribution is 4.84. The van der Waals surface area contributed by atoms with Crippen molar-refractivity contribution in [1.29, 1.82) is 0 Å². The van der Waals surface area contributed by atoms with Crippen LogP contribution < -0.4 is 0 Å². The largest absolute Gasteiger partial charge is 0.489 e. The van der Waals surface area contributed by atoms with Gasteiger partial charge in [0.2, 0.25) is 0 Å². The zero-order valence-electron chi connectivity index (χ0n) is 5.05. The molecule has 1 nitrogen and oxygen atoms in total. The lowest BCUT2D eigenvalue weighted by atomic mass is 10.5. The second-order valence-electron chi connectivity index (χ2n) is 1.30. The SMILES string of the molecule is C#CCO/C=C\CC. The number of rotatable bonds is 3. The zero-order valence-corrected chi connectivity index (χ0v) is 5.05. The number of allylic oxidation sites excluding steroid dienone is 1. The molecular formula is C7H10O. The van der Waals surface area contributed by atoms with Crippen molar-refractivity contribution in [2.24, 2.45) is 0 Å². The summed E-state index contributed by atoms with van der Waals surface area (Å²) in [5.41, 5.74) is 0. The van der Waals surface area contributed by atoms with Gasteiger partial charge in [-0.05, 0) is 6.42 Å². The van der Waals surface area contributed by atoms with Crippen molar-refractivity contribution in [2.75, 3.05) is 6.61 Å². The van der Waals surface area contributed by atoms with Crippen molar-refractivity contribution in [2.45, 2.75) is 13.3 Å². The molecule has 44 valence electrons. The summed E-state index contributed by atoms with van der Waals surface area (Å²) in [7, 11) is 0. The highest BCUT2D eigenvalue weighted by atomic mass is 16.5. The average Bonchev–Trinajstić information content (AvgIpc) is 1.81. The third-order valence-corrected chi connectivity index (χ3v) is 0.595. The summed E-state index contributed by atoms with van der Waals surface area (Å²) in [6, 6.07) is 0. The normalized spacial score (nSPS) is 9.00. The fourth-order valence-electron chi connectivity index (χ4n) is 0.260. The zero-order chi connectivity index (χ0) is 6.24. The van der Waals surface area contributed by atoms with Crippen molar-refractivity contribution in [1.82, 2.24) is 0 Å². The summed E-state index contributed by atoms with van der Waals surface area (Å²) in [5, 5.41) is 0. The minimum absolute atomic E-state index is 0.372. The molecule has 0 aromatic heterocycles. The quantitative estimate of drug-likeness (QED) is 0.304. The maximum absolute atomic E-state index is 4.90. The first kappa shape index (κ1) is 7.10. The summed E-state index contributed by atoms with van der Waals surface area (Å²) in [6.45, 7) is 2.41. The van der Waals surface area contributed by atoms with E-state index in [1.54, 1.807) is 6.26 Å². The van der Waals surface area contributed by atoms with Crippen LogP contribution in [-0.4, -0.2) is 6.61 Å². The molecule has 0 heterocycles. The number of hydrogen-bond acceptors (Lipinski definition) is 1. The predicted molar refractivity (Wildman–Crippen MR) is 34.2 cm³/mol. The molecule has 0 radical (unpaired) electrons. The fraction of sp³-hybridized carbons (Fsp3) is 0.429. The van der Waals surface area contributed by atoms with E-state index in [0.29, 0.717) is 6.61 Å². The van der Waals surface area contributed by atoms with Gasteiger partial charge in [0, 0.05) is 0 Å². The topological polar surface area (TPSA) is 9.23 Å². The third kappa shape index (κ3) is 5.10. The Bertz CT molecular complexity index is 97.4. The second kappa shape index (κ2) is 6.10. The first-order valence-corrected chi connectivity index (χ1v) is 2.62. The molecule has 0 aromatic rings. The average molecular weight is 110 g/mol. The van der Waals surface area contributed by atoms with E-state index in [4.69, 9.17) is 11.2 Å². The summed E-state index contributed by atoms with van der Waals surface area (Å²) >= 11 is 0. The van der Waals surface area contributed by atoms with Gasteiger partial charge in [0.1, 0.15) is 6.61 Å². The first-order chi connectivity index (χ1) is 3.91. The molecule has 0 saturated carbocycles. The van der Waals surface area contributed by atoms with Crippen LogP contribution in [0.25, 0.3) is 0 Å². The van der Waals surface area contributed by atoms with Crippen molar-refractivity contribution >= 4 is 0 Å². The standard InChI is InChI=1S/C7H10O/c1-3-5-7-8-6-4-2/h2,5,7H,3,6H2,1H3/b7-5-. The summed E-state index contributed by atoms with van der Waals surface area (Å²) in [6.07, 6.45) is 9.43. The lowest BCUT2D eigenvalue weighted by Crippen LogP contribution is -1.78. The molecule has 8 heavy (non-hydrogen) atoms. The Morgan fingerprint density at radius 2 is 2.50 bits per heavy atom. The molecule has 0 fully saturated rings. The van der Waals surface area contributed by atoms with Gasteiger partial charge >= 0.3 is 0 Å². The van der Waals surface area contributed by atoms with Gasteiger partial charge in [0.15, 0.2) is 0 Å². The fourth-order valence-corrected chi connectivity index (χ4v) is 0.260. The van der Waals surface area contributed by atoms with E-state index in [0.717, 1.165) is 6.42 Å². The molecule has 0 unspecified atom stereocenters. The van der Waals surface area contributed by atoms with E-state index >= 15 is 0 Å². The number of terminal acetylenes is 1. The van der Waals surface area contributed by atoms with Crippen molar-refractivity contribution in [3.05, 3.63) is 12.3 Å². The maximum Gasteiger partial charge on any atom is 0.147 e. The van der Waals surface area contributed by atoms with Crippen LogP contribution >= 0.6 is 0 Å². The molecule has 0 aliphatic carbocycles. The second-order valence-corrected chi connectivity index (χ2v) is 1.30. The van der Waals surface area contributed by atoms with Crippen LogP contribution in [-0.2, 0) is 4.74 Å². The summed E-state index contributed by atoms with van der Waals surface area (Å²) in [4.78, 5) is 0. The van der Waals surface area contributed by atoms with Gasteiger partial charge in [-0.3, -0.25) is 0 Å². The van der Waals surface area contributed by atoms with Crippen LogP contribution in [0.3, 0.4) is 0 Å². The lowest BCUT2D eigenvalue weighted by molar-refractivity contribution is 0.295. The predicted octanol–water partition coefficient (Wildman–Crippen LogP) is 1.56. The van der Waals surface area contributed by atoms with Crippen LogP contribution in [0.5, 0.6) is 0 Å². The van der Waals surface area contributed by atoms with Crippen LogP contribution in [0.15, 0.2) is 12.3 Å². The van der Waals surface area contributed by atoms with Gasteiger partial charge in [-0.1, -0.05) is 18.9 Å². The Hall–Kier alpha value is -0.900. The van der Waals surface area contributed by atoms with Gasteiger partial charge < -0.3 is 4.74 Å². The number of ether oxygens (including phenoxy) is 1. The molecule has 0 bridgehead atoms. The molecule has 0 spiro atoms. The molecular weight excluding hydrogens is 100 g/mol. The van der Waals surface area contributed by atoms with Gasteiger partial charge in [-0.15, -0.1) is 6.42 Å². The van der Waals surface area contributed by atoms with Crippen molar-refractivity contribution < 1.29 is 4.74 Å². The Labute approximate surface area is 50.4 Å². The van der Waals surface area contributed by atoms with Gasteiger partial charge in [0.05, 0.1) is 6.26 Å². The highest BCUT2D eigenvalue weighted by Crippen LogP contribution is 1.79. The summed E-state index contributed by atoms with van der Waals surface area (Å²) < 4.78 is 4.81. The van der Waals surface area contributed by atoms with Gasteiger partial charge in [-0.2, -0.15) is 0 Å². The lowest BCUT2D eigenvalue weighted by Gasteiger charge is -1.87. The molecule has 0 rings (SSSR count). The van der Waals surface area contributed by atoms with E-state index in [9.17, 15) is 0 Å². The molecule has 0 amide bonds. The van der Waals surface area contributed by atoms with E-state index in [1.165, 1.54) is 0 Å². The highest BCUT2D eigenvalue weighted by Gasteiger charge is 1.67.